The van der Waals surface area contributed by atoms with Crippen LogP contribution in [0.3, 0.4) is 0 Å². The monoisotopic (exact) mass is 180 g/mol. The largest absolute Gasteiger partial charge is 0.412 e. The summed E-state index contributed by atoms with van der Waals surface area (Å²) in [7, 11) is 2.17. The van der Waals surface area contributed by atoms with E-state index < -0.39 is 0 Å². The molecular weight excluding hydrogens is 164 g/mol. The van der Waals surface area contributed by atoms with Crippen molar-refractivity contribution in [3.63, 3.8) is 0 Å². The first-order valence-corrected chi connectivity index (χ1v) is 4.49. The normalized spacial score (nSPS) is 22.7. The number of likely N-dealkylation sites (tertiary alicyclic amines) is 1. The Bertz CT molecular complexity index is 250. The second kappa shape index (κ2) is 4.35. The molecule has 0 radical (unpaired) electrons. The van der Waals surface area contributed by atoms with Crippen molar-refractivity contribution in [1.82, 2.24) is 9.88 Å². The zero-order valence-electron chi connectivity index (χ0n) is 7.90. The van der Waals surface area contributed by atoms with Crippen LogP contribution in [0.5, 0.6) is 0 Å². The Morgan fingerprint density at radius 1 is 1.46 bits per heavy atom. The molecule has 0 bridgehead atoms. The maximum atomic E-state index is 4.37. The lowest BCUT2D eigenvalue weighted by atomic mass is 10.1. The van der Waals surface area contributed by atoms with Crippen molar-refractivity contribution in [3.05, 3.63) is 30.1 Å². The lowest BCUT2D eigenvalue weighted by Crippen LogP contribution is -2.18. The van der Waals surface area contributed by atoms with Crippen molar-refractivity contribution in [2.24, 2.45) is 0 Å². The molecule has 3 nitrogen and oxygen atoms in total. The summed E-state index contributed by atoms with van der Waals surface area (Å²) in [5.74, 6) is 0. The van der Waals surface area contributed by atoms with Crippen LogP contribution in [0.2, 0.25) is 0 Å². The molecule has 1 aromatic rings. The van der Waals surface area contributed by atoms with Gasteiger partial charge < -0.3 is 5.48 Å². The number of rotatable bonds is 1. The topological polar surface area (TPSA) is 47.6 Å². The van der Waals surface area contributed by atoms with Crippen LogP contribution in [0.25, 0.3) is 0 Å². The lowest BCUT2D eigenvalue weighted by molar-refractivity contribution is 0.312. The molecule has 2 N–H and O–H groups in total. The van der Waals surface area contributed by atoms with Crippen molar-refractivity contribution in [2.45, 2.75) is 18.9 Å². The molecule has 2 heterocycles. The van der Waals surface area contributed by atoms with E-state index in [0.717, 1.165) is 0 Å². The maximum Gasteiger partial charge on any atom is 0.0575 e. The van der Waals surface area contributed by atoms with Crippen LogP contribution >= 0.6 is 0 Å². The van der Waals surface area contributed by atoms with E-state index in [-0.39, 0.29) is 5.48 Å². The van der Waals surface area contributed by atoms with Crippen LogP contribution in [0, 0.1) is 0 Å². The van der Waals surface area contributed by atoms with Gasteiger partial charge in [0, 0.05) is 6.20 Å². The van der Waals surface area contributed by atoms with Gasteiger partial charge in [-0.1, -0.05) is 6.07 Å². The predicted octanol–water partition coefficient (Wildman–Crippen LogP) is 1.02. The molecule has 0 saturated carbocycles. The van der Waals surface area contributed by atoms with E-state index in [1.54, 1.807) is 0 Å². The van der Waals surface area contributed by atoms with E-state index in [1.165, 1.54) is 25.1 Å². The molecule has 0 spiro atoms. The van der Waals surface area contributed by atoms with Gasteiger partial charge in [0.1, 0.15) is 0 Å². The second-order valence-electron chi connectivity index (χ2n) is 3.39. The van der Waals surface area contributed by atoms with E-state index in [9.17, 15) is 0 Å². The summed E-state index contributed by atoms with van der Waals surface area (Å²) >= 11 is 0. The third-order valence-corrected chi connectivity index (χ3v) is 2.55. The molecule has 1 aliphatic rings. The van der Waals surface area contributed by atoms with E-state index in [4.69, 9.17) is 0 Å². The Labute approximate surface area is 78.7 Å². The van der Waals surface area contributed by atoms with Gasteiger partial charge in [-0.25, -0.2) is 0 Å². The fourth-order valence-corrected chi connectivity index (χ4v) is 1.86. The molecule has 0 aliphatic carbocycles. The molecular formula is C10H16N2O. The van der Waals surface area contributed by atoms with Crippen LogP contribution in [0.4, 0.5) is 0 Å². The third kappa shape index (κ3) is 2.05. The van der Waals surface area contributed by atoms with Gasteiger partial charge in [0.2, 0.25) is 0 Å². The SMILES string of the molecule is CN1CCC[C@H]1c1ccccn1.O. The summed E-state index contributed by atoms with van der Waals surface area (Å²) in [5, 5.41) is 0. The van der Waals surface area contributed by atoms with Crippen molar-refractivity contribution < 1.29 is 5.48 Å². The van der Waals surface area contributed by atoms with Gasteiger partial charge in [0.15, 0.2) is 0 Å². The minimum Gasteiger partial charge on any atom is -0.412 e. The number of hydrogen-bond donors (Lipinski definition) is 0. The van der Waals surface area contributed by atoms with E-state index in [1.807, 2.05) is 12.3 Å². The Morgan fingerprint density at radius 2 is 2.31 bits per heavy atom. The van der Waals surface area contributed by atoms with Gasteiger partial charge in [0.05, 0.1) is 11.7 Å². The highest BCUT2D eigenvalue weighted by Crippen LogP contribution is 2.28. The zero-order valence-corrected chi connectivity index (χ0v) is 7.90. The Hall–Kier alpha value is -0.930. The first kappa shape index (κ1) is 10.2. The summed E-state index contributed by atoms with van der Waals surface area (Å²) in [5.41, 5.74) is 1.22. The highest BCUT2D eigenvalue weighted by atomic mass is 16.0. The van der Waals surface area contributed by atoms with Crippen LogP contribution in [0.15, 0.2) is 24.4 Å². The molecule has 0 unspecified atom stereocenters. The van der Waals surface area contributed by atoms with Crippen LogP contribution in [0.1, 0.15) is 24.6 Å². The molecule has 1 fully saturated rings. The van der Waals surface area contributed by atoms with E-state index in [2.05, 4.69) is 29.1 Å². The lowest BCUT2D eigenvalue weighted by Gasteiger charge is -2.18. The third-order valence-electron chi connectivity index (χ3n) is 2.55. The highest BCUT2D eigenvalue weighted by molar-refractivity contribution is 5.09. The Kier molecular flexibility index (Phi) is 3.39. The standard InChI is InChI=1S/C10H14N2.H2O/c1-12-8-4-6-10(12)9-5-2-3-7-11-9;/h2-3,5,7,10H,4,6,8H2,1H3;1H2/t10-;/m0./s1. The molecule has 72 valence electrons. The van der Waals surface area contributed by atoms with Gasteiger partial charge in [-0.05, 0) is 38.6 Å². The maximum absolute atomic E-state index is 4.37. The number of aromatic nitrogens is 1. The van der Waals surface area contributed by atoms with Crippen molar-refractivity contribution >= 4 is 0 Å². The predicted molar refractivity (Wildman–Crippen MR) is 52.5 cm³/mol. The summed E-state index contributed by atoms with van der Waals surface area (Å²) < 4.78 is 0. The Balaban J connectivity index is 0.000000845. The minimum atomic E-state index is 0. The van der Waals surface area contributed by atoms with E-state index >= 15 is 0 Å². The summed E-state index contributed by atoms with van der Waals surface area (Å²) in [6, 6.07) is 6.71. The molecule has 0 aromatic carbocycles. The van der Waals surface area contributed by atoms with Gasteiger partial charge in [-0.3, -0.25) is 9.88 Å². The molecule has 0 amide bonds. The van der Waals surface area contributed by atoms with Gasteiger partial charge in [-0.2, -0.15) is 0 Å². The van der Waals surface area contributed by atoms with E-state index in [0.29, 0.717) is 6.04 Å². The molecule has 3 heteroatoms. The number of pyridine rings is 1. The fraction of sp³-hybridized carbons (Fsp3) is 0.500. The minimum absolute atomic E-state index is 0. The van der Waals surface area contributed by atoms with Crippen molar-refractivity contribution in [2.75, 3.05) is 13.6 Å². The van der Waals surface area contributed by atoms with Gasteiger partial charge >= 0.3 is 0 Å². The van der Waals surface area contributed by atoms with Crippen LogP contribution in [-0.4, -0.2) is 29.0 Å². The average Bonchev–Trinajstić information content (AvgIpc) is 2.53. The van der Waals surface area contributed by atoms with Crippen molar-refractivity contribution in [3.8, 4) is 0 Å². The average molecular weight is 180 g/mol. The quantitative estimate of drug-likeness (QED) is 0.648. The van der Waals surface area contributed by atoms with Crippen LogP contribution in [-0.2, 0) is 0 Å². The molecule has 1 aliphatic heterocycles. The molecule has 1 aromatic heterocycles. The summed E-state index contributed by atoms with van der Waals surface area (Å²) in [4.78, 5) is 6.75. The highest BCUT2D eigenvalue weighted by Gasteiger charge is 2.22. The molecule has 13 heavy (non-hydrogen) atoms. The molecule has 2 rings (SSSR count). The summed E-state index contributed by atoms with van der Waals surface area (Å²) in [6.45, 7) is 1.21. The fourth-order valence-electron chi connectivity index (χ4n) is 1.86. The molecule has 1 atom stereocenters. The van der Waals surface area contributed by atoms with Crippen LogP contribution < -0.4 is 0 Å². The summed E-state index contributed by atoms with van der Waals surface area (Å²) in [6.07, 6.45) is 4.44. The first-order valence-electron chi connectivity index (χ1n) is 4.49. The number of nitrogens with zero attached hydrogens (tertiary/aromatic N) is 2. The Morgan fingerprint density at radius 3 is 2.85 bits per heavy atom. The zero-order chi connectivity index (χ0) is 8.39. The van der Waals surface area contributed by atoms with Gasteiger partial charge in [0.25, 0.3) is 0 Å². The second-order valence-corrected chi connectivity index (χ2v) is 3.39. The number of hydrogen-bond acceptors (Lipinski definition) is 2. The molecule has 1 saturated heterocycles. The van der Waals surface area contributed by atoms with Gasteiger partial charge in [-0.15, -0.1) is 0 Å². The first-order chi connectivity index (χ1) is 5.88. The smallest absolute Gasteiger partial charge is 0.0575 e. The van der Waals surface area contributed by atoms with Crippen molar-refractivity contribution in [1.29, 1.82) is 0 Å².